The van der Waals surface area contributed by atoms with E-state index in [1.165, 1.54) is 12.1 Å². The maximum atomic E-state index is 13.2. The Labute approximate surface area is 171 Å². The fourth-order valence-corrected chi connectivity index (χ4v) is 3.52. The summed E-state index contributed by atoms with van der Waals surface area (Å²) in [6, 6.07) is 9.55. The van der Waals surface area contributed by atoms with Crippen molar-refractivity contribution >= 4 is 27.5 Å². The van der Waals surface area contributed by atoms with Gasteiger partial charge in [0.1, 0.15) is 5.82 Å². The number of amides is 1. The fourth-order valence-electron chi connectivity index (χ4n) is 2.25. The van der Waals surface area contributed by atoms with E-state index < -0.39 is 21.7 Å². The molecule has 2 N–H and O–H groups in total. The molecule has 1 aromatic carbocycles. The van der Waals surface area contributed by atoms with Gasteiger partial charge in [0.05, 0.1) is 22.2 Å². The summed E-state index contributed by atoms with van der Waals surface area (Å²) in [5.41, 5.74) is 1.27. The summed E-state index contributed by atoms with van der Waals surface area (Å²) in [7, 11) is -3.92. The zero-order valence-corrected chi connectivity index (χ0v) is 16.4. The van der Waals surface area contributed by atoms with Gasteiger partial charge in [0.15, 0.2) is 5.69 Å². The molecule has 8 nitrogen and oxygen atoms in total. The summed E-state index contributed by atoms with van der Waals surface area (Å²) in [5.74, 6) is -1.13. The average molecular weight is 436 g/mol. The Hall–Kier alpha value is -2.95. The molecule has 0 spiro atoms. The summed E-state index contributed by atoms with van der Waals surface area (Å²) in [4.78, 5) is 15.8. The lowest BCUT2D eigenvalue weighted by molar-refractivity contribution is 0.0944. The topological polar surface area (TPSA) is 114 Å². The van der Waals surface area contributed by atoms with Gasteiger partial charge in [-0.25, -0.2) is 17.5 Å². The van der Waals surface area contributed by atoms with Gasteiger partial charge < -0.3 is 5.32 Å². The third-order valence-corrected chi connectivity index (χ3v) is 5.49. The van der Waals surface area contributed by atoms with E-state index >= 15 is 0 Å². The highest BCUT2D eigenvalue weighted by Gasteiger charge is 2.16. The molecule has 3 rings (SSSR count). The Balaban J connectivity index is 1.58. The van der Waals surface area contributed by atoms with E-state index in [0.717, 1.165) is 23.8 Å². The number of benzene rings is 1. The number of nitrogens with zero attached hydrogens (tertiary/aromatic N) is 3. The molecule has 0 saturated carbocycles. The van der Waals surface area contributed by atoms with Crippen molar-refractivity contribution in [2.24, 2.45) is 0 Å². The summed E-state index contributed by atoms with van der Waals surface area (Å²) in [6.45, 7) is 0.147. The van der Waals surface area contributed by atoms with E-state index in [1.807, 2.05) is 0 Å². The Kier molecular flexibility index (Phi) is 6.47. The van der Waals surface area contributed by atoms with E-state index in [-0.39, 0.29) is 22.2 Å². The van der Waals surface area contributed by atoms with Gasteiger partial charge in [-0.15, -0.1) is 5.10 Å². The van der Waals surface area contributed by atoms with Gasteiger partial charge in [-0.1, -0.05) is 11.6 Å². The molecule has 0 aliphatic rings. The van der Waals surface area contributed by atoms with Gasteiger partial charge in [0.25, 0.3) is 5.91 Å². The average Bonchev–Trinajstić information content (AvgIpc) is 2.73. The second-order valence-corrected chi connectivity index (χ2v) is 8.02. The van der Waals surface area contributed by atoms with Crippen molar-refractivity contribution < 1.29 is 17.6 Å². The third kappa shape index (κ3) is 5.53. The number of carbonyl (C=O) groups excluding carboxylic acids is 1. The van der Waals surface area contributed by atoms with Crippen LogP contribution >= 0.6 is 11.6 Å². The smallest absolute Gasteiger partial charge is 0.272 e. The molecule has 150 valence electrons. The van der Waals surface area contributed by atoms with Crippen molar-refractivity contribution in [1.82, 2.24) is 25.2 Å². The van der Waals surface area contributed by atoms with Gasteiger partial charge in [0, 0.05) is 18.9 Å². The van der Waals surface area contributed by atoms with Gasteiger partial charge in [-0.3, -0.25) is 9.78 Å². The van der Waals surface area contributed by atoms with E-state index in [1.54, 1.807) is 24.5 Å². The minimum Gasteiger partial charge on any atom is -0.347 e. The molecule has 29 heavy (non-hydrogen) atoms. The minimum atomic E-state index is -3.92. The second-order valence-electron chi connectivity index (χ2n) is 5.85. The molecule has 3 aromatic rings. The molecule has 0 aliphatic carbocycles. The maximum absolute atomic E-state index is 13.2. The Bertz CT molecular complexity index is 1110. The molecule has 11 heteroatoms. The van der Waals surface area contributed by atoms with Crippen molar-refractivity contribution in [3.8, 4) is 0 Å². The number of hydrogen-bond donors (Lipinski definition) is 2. The van der Waals surface area contributed by atoms with Crippen LogP contribution < -0.4 is 10.0 Å². The number of halogens is 2. The van der Waals surface area contributed by atoms with Crippen LogP contribution in [0.25, 0.3) is 0 Å². The number of carbonyl (C=O) groups is 1. The second kappa shape index (κ2) is 9.03. The van der Waals surface area contributed by atoms with Gasteiger partial charge in [-0.2, -0.15) is 5.10 Å². The molecule has 2 aromatic heterocycles. The molecule has 0 unspecified atom stereocenters. The van der Waals surface area contributed by atoms with Crippen LogP contribution in [0.3, 0.4) is 0 Å². The summed E-state index contributed by atoms with van der Waals surface area (Å²) < 4.78 is 40.0. The predicted octanol–water partition coefficient (Wildman–Crippen LogP) is 2.07. The van der Waals surface area contributed by atoms with Crippen molar-refractivity contribution in [2.45, 2.75) is 18.0 Å². The van der Waals surface area contributed by atoms with Gasteiger partial charge >= 0.3 is 0 Å². The first kappa shape index (κ1) is 20.8. The highest BCUT2D eigenvalue weighted by Crippen LogP contribution is 2.19. The Morgan fingerprint density at radius 2 is 1.79 bits per heavy atom. The Morgan fingerprint density at radius 3 is 2.45 bits per heavy atom. The molecule has 0 aliphatic heterocycles. The van der Waals surface area contributed by atoms with Crippen LogP contribution in [0.1, 0.15) is 21.7 Å². The predicted molar refractivity (Wildman–Crippen MR) is 103 cm³/mol. The molecule has 0 fully saturated rings. The molecule has 2 heterocycles. The molecule has 0 saturated heterocycles. The van der Waals surface area contributed by atoms with E-state index in [9.17, 15) is 17.6 Å². The quantitative estimate of drug-likeness (QED) is 0.587. The van der Waals surface area contributed by atoms with Crippen molar-refractivity contribution in [2.75, 3.05) is 0 Å². The first-order valence-electron chi connectivity index (χ1n) is 8.29. The van der Waals surface area contributed by atoms with E-state index in [4.69, 9.17) is 11.6 Å². The first-order valence-corrected chi connectivity index (χ1v) is 10.2. The number of pyridine rings is 1. The molecule has 0 radical (unpaired) electrons. The lowest BCUT2D eigenvalue weighted by Gasteiger charge is -2.08. The van der Waals surface area contributed by atoms with Crippen LogP contribution in [0, 0.1) is 5.82 Å². The zero-order valence-electron chi connectivity index (χ0n) is 14.8. The standard InChI is InChI=1S/C18H15ClFN5O3S/c19-15-9-14(2-3-16(15)20)29(27,28)23-11-13-1-4-17(25-24-13)18(26)22-10-12-5-7-21-8-6-12/h1-9,23H,10-11H2,(H,22,26). The molecular weight excluding hydrogens is 421 g/mol. The first-order chi connectivity index (χ1) is 13.8. The minimum absolute atomic E-state index is 0.0935. The zero-order chi connectivity index (χ0) is 20.9. The fraction of sp³-hybridized carbons (Fsp3) is 0.111. The lowest BCUT2D eigenvalue weighted by atomic mass is 10.2. The highest BCUT2D eigenvalue weighted by molar-refractivity contribution is 7.89. The molecule has 1 amide bonds. The van der Waals surface area contributed by atoms with E-state index in [2.05, 4.69) is 25.2 Å². The summed E-state index contributed by atoms with van der Waals surface area (Å²) >= 11 is 5.62. The normalized spacial score (nSPS) is 11.2. The number of rotatable bonds is 7. The SMILES string of the molecule is O=C(NCc1ccncc1)c1ccc(CNS(=O)(=O)c2ccc(F)c(Cl)c2)nn1. The number of sulfonamides is 1. The van der Waals surface area contributed by atoms with Crippen LogP contribution in [0.4, 0.5) is 4.39 Å². The van der Waals surface area contributed by atoms with Crippen LogP contribution in [0.5, 0.6) is 0 Å². The molecule has 0 bridgehead atoms. The third-order valence-electron chi connectivity index (χ3n) is 3.80. The summed E-state index contributed by atoms with van der Waals surface area (Å²) in [6.07, 6.45) is 3.24. The van der Waals surface area contributed by atoms with Gasteiger partial charge in [-0.05, 0) is 48.0 Å². The number of hydrogen-bond acceptors (Lipinski definition) is 6. The van der Waals surface area contributed by atoms with Crippen LogP contribution in [0.15, 0.2) is 59.8 Å². The van der Waals surface area contributed by atoms with Crippen molar-refractivity contribution in [1.29, 1.82) is 0 Å². The van der Waals surface area contributed by atoms with Crippen LogP contribution in [-0.2, 0) is 23.1 Å². The Morgan fingerprint density at radius 1 is 1.03 bits per heavy atom. The molecular formula is C18H15ClFN5O3S. The molecule has 0 atom stereocenters. The summed E-state index contributed by atoms with van der Waals surface area (Å²) in [5, 5.41) is 10.1. The monoisotopic (exact) mass is 435 g/mol. The van der Waals surface area contributed by atoms with Crippen molar-refractivity contribution in [3.63, 3.8) is 0 Å². The van der Waals surface area contributed by atoms with Crippen LogP contribution in [-0.4, -0.2) is 29.5 Å². The highest BCUT2D eigenvalue weighted by atomic mass is 35.5. The number of nitrogens with one attached hydrogen (secondary N) is 2. The number of aromatic nitrogens is 3. The lowest BCUT2D eigenvalue weighted by Crippen LogP contribution is -2.26. The van der Waals surface area contributed by atoms with E-state index in [0.29, 0.717) is 12.2 Å². The van der Waals surface area contributed by atoms with Crippen molar-refractivity contribution in [3.05, 3.63) is 82.6 Å². The van der Waals surface area contributed by atoms with Gasteiger partial charge in [0.2, 0.25) is 10.0 Å². The largest absolute Gasteiger partial charge is 0.347 e. The maximum Gasteiger partial charge on any atom is 0.272 e. The van der Waals surface area contributed by atoms with Crippen LogP contribution in [0.2, 0.25) is 5.02 Å².